The number of ether oxygens (including phenoxy) is 3. The Balaban J connectivity index is 1.74. The summed E-state index contributed by atoms with van der Waals surface area (Å²) >= 11 is 0. The van der Waals surface area contributed by atoms with E-state index in [1.807, 2.05) is 30.3 Å². The average Bonchev–Trinajstić information content (AvgIpc) is 2.82. The fourth-order valence-electron chi connectivity index (χ4n) is 3.24. The molecule has 3 rings (SSSR count). The first-order chi connectivity index (χ1) is 14.9. The number of rotatable bonds is 6. The summed E-state index contributed by atoms with van der Waals surface area (Å²) in [5, 5.41) is 0. The van der Waals surface area contributed by atoms with Crippen molar-refractivity contribution in [1.82, 2.24) is 9.21 Å². The molecule has 0 aliphatic carbocycles. The van der Waals surface area contributed by atoms with Crippen molar-refractivity contribution in [2.24, 2.45) is 0 Å². The number of methoxy groups -OCH3 is 2. The first-order valence-corrected chi connectivity index (χ1v) is 11.0. The van der Waals surface area contributed by atoms with Crippen LogP contribution in [0.4, 0.5) is 4.79 Å². The van der Waals surface area contributed by atoms with E-state index in [1.165, 1.54) is 43.4 Å². The van der Waals surface area contributed by atoms with Gasteiger partial charge in [-0.25, -0.2) is 13.2 Å². The van der Waals surface area contributed by atoms with Gasteiger partial charge in [0, 0.05) is 13.1 Å². The maximum atomic E-state index is 13.1. The molecule has 1 fully saturated rings. The summed E-state index contributed by atoms with van der Waals surface area (Å²) in [5.74, 6) is -0.243. The maximum Gasteiger partial charge on any atom is 0.410 e. The van der Waals surface area contributed by atoms with Gasteiger partial charge in [0.25, 0.3) is 0 Å². The van der Waals surface area contributed by atoms with Crippen LogP contribution in [0.25, 0.3) is 0 Å². The van der Waals surface area contributed by atoms with Crippen molar-refractivity contribution < 1.29 is 32.2 Å². The van der Waals surface area contributed by atoms with Gasteiger partial charge in [0.15, 0.2) is 0 Å². The van der Waals surface area contributed by atoms with Crippen molar-refractivity contribution in [1.29, 1.82) is 0 Å². The first-order valence-electron chi connectivity index (χ1n) is 9.56. The van der Waals surface area contributed by atoms with Crippen molar-refractivity contribution >= 4 is 22.1 Å². The summed E-state index contributed by atoms with van der Waals surface area (Å²) in [5.41, 5.74) is 0.820. The fraction of sp³-hybridized carbons (Fsp3) is 0.333. The highest BCUT2D eigenvalue weighted by molar-refractivity contribution is 7.89. The third-order valence-electron chi connectivity index (χ3n) is 4.93. The number of carbonyl (C=O) groups excluding carboxylic acids is 2. The molecule has 10 heteroatoms. The molecular formula is C21H24N2O7S. The molecule has 2 aromatic rings. The summed E-state index contributed by atoms with van der Waals surface area (Å²) in [6.45, 7) is -0.0896. The van der Waals surface area contributed by atoms with Crippen molar-refractivity contribution in [2.75, 3.05) is 33.9 Å². The molecular weight excluding hydrogens is 424 g/mol. The van der Waals surface area contributed by atoms with Crippen molar-refractivity contribution in [3.8, 4) is 5.75 Å². The summed E-state index contributed by atoms with van der Waals surface area (Å²) in [7, 11) is -1.34. The van der Waals surface area contributed by atoms with Gasteiger partial charge in [-0.3, -0.25) is 4.79 Å². The Labute approximate surface area is 181 Å². The van der Waals surface area contributed by atoms with E-state index in [9.17, 15) is 18.0 Å². The number of sulfonamides is 1. The molecule has 0 bridgehead atoms. The van der Waals surface area contributed by atoms with E-state index in [0.29, 0.717) is 5.75 Å². The second-order valence-corrected chi connectivity index (χ2v) is 8.71. The lowest BCUT2D eigenvalue weighted by Crippen LogP contribution is -2.59. The quantitative estimate of drug-likeness (QED) is 0.622. The molecule has 1 heterocycles. The molecule has 0 N–H and O–H groups in total. The minimum atomic E-state index is -4.00. The van der Waals surface area contributed by atoms with Gasteiger partial charge in [0.2, 0.25) is 10.0 Å². The van der Waals surface area contributed by atoms with Crippen LogP contribution in [0.5, 0.6) is 5.75 Å². The van der Waals surface area contributed by atoms with Crippen LogP contribution in [0, 0.1) is 0 Å². The zero-order valence-electron chi connectivity index (χ0n) is 17.3. The Kier molecular flexibility index (Phi) is 7.13. The van der Waals surface area contributed by atoms with E-state index in [2.05, 4.69) is 0 Å². The molecule has 0 aromatic heterocycles. The number of esters is 1. The van der Waals surface area contributed by atoms with Crippen LogP contribution in [0.15, 0.2) is 59.5 Å². The number of benzene rings is 2. The van der Waals surface area contributed by atoms with E-state index in [4.69, 9.17) is 14.2 Å². The van der Waals surface area contributed by atoms with Gasteiger partial charge in [0.05, 0.1) is 25.7 Å². The molecule has 166 valence electrons. The molecule has 1 saturated heterocycles. The van der Waals surface area contributed by atoms with Crippen LogP contribution in [-0.2, 0) is 30.9 Å². The molecule has 1 unspecified atom stereocenters. The standard InChI is InChI=1S/C21H24N2O7S/c1-28-17-8-10-18(11-9-17)31(26,27)23-13-12-22(14-19(23)20(24)29-2)21(25)30-15-16-6-4-3-5-7-16/h3-11,19H,12-15H2,1-2H3. The molecule has 31 heavy (non-hydrogen) atoms. The van der Waals surface area contributed by atoms with Crippen molar-refractivity contribution in [3.63, 3.8) is 0 Å². The SMILES string of the molecule is COC(=O)C1CN(C(=O)OCc2ccccc2)CCN1S(=O)(=O)c1ccc(OC)cc1. The molecule has 1 aliphatic heterocycles. The highest BCUT2D eigenvalue weighted by atomic mass is 32.2. The molecule has 1 amide bonds. The van der Waals surface area contributed by atoms with Crippen LogP contribution >= 0.6 is 0 Å². The van der Waals surface area contributed by atoms with E-state index in [-0.39, 0.29) is 31.1 Å². The van der Waals surface area contributed by atoms with Crippen LogP contribution in [-0.4, -0.2) is 69.6 Å². The molecule has 0 saturated carbocycles. The minimum absolute atomic E-state index is 0.0160. The molecule has 1 aliphatic rings. The van der Waals surface area contributed by atoms with Gasteiger partial charge in [-0.2, -0.15) is 4.31 Å². The van der Waals surface area contributed by atoms with Gasteiger partial charge in [-0.1, -0.05) is 30.3 Å². The summed E-state index contributed by atoms with van der Waals surface area (Å²) in [6, 6.07) is 13.8. The number of hydrogen-bond donors (Lipinski definition) is 0. The number of piperazine rings is 1. The van der Waals surface area contributed by atoms with Gasteiger partial charge < -0.3 is 19.1 Å². The lowest BCUT2D eigenvalue weighted by Gasteiger charge is -2.38. The highest BCUT2D eigenvalue weighted by Crippen LogP contribution is 2.24. The maximum absolute atomic E-state index is 13.1. The van der Waals surface area contributed by atoms with E-state index in [0.717, 1.165) is 9.87 Å². The second-order valence-electron chi connectivity index (χ2n) is 6.82. The van der Waals surface area contributed by atoms with E-state index < -0.39 is 28.1 Å². The third-order valence-corrected chi connectivity index (χ3v) is 6.86. The Morgan fingerprint density at radius 3 is 2.29 bits per heavy atom. The van der Waals surface area contributed by atoms with Gasteiger partial charge >= 0.3 is 12.1 Å². The smallest absolute Gasteiger partial charge is 0.410 e. The topological polar surface area (TPSA) is 102 Å². The Bertz CT molecular complexity index is 1010. The van der Waals surface area contributed by atoms with E-state index in [1.54, 1.807) is 0 Å². The lowest BCUT2D eigenvalue weighted by molar-refractivity contribution is -0.146. The van der Waals surface area contributed by atoms with Gasteiger partial charge in [0.1, 0.15) is 18.4 Å². The summed E-state index contributed by atoms with van der Waals surface area (Å²) in [6.07, 6.45) is -0.626. The van der Waals surface area contributed by atoms with Crippen LogP contribution < -0.4 is 4.74 Å². The molecule has 0 spiro atoms. The molecule has 1 atom stereocenters. The minimum Gasteiger partial charge on any atom is -0.497 e. The Hall–Kier alpha value is -3.11. The largest absolute Gasteiger partial charge is 0.497 e. The molecule has 0 radical (unpaired) electrons. The number of nitrogens with zero attached hydrogens (tertiary/aromatic N) is 2. The van der Waals surface area contributed by atoms with Crippen molar-refractivity contribution in [3.05, 3.63) is 60.2 Å². The summed E-state index contributed by atoms with van der Waals surface area (Å²) in [4.78, 5) is 26.2. The van der Waals surface area contributed by atoms with Crippen LogP contribution in [0.1, 0.15) is 5.56 Å². The Morgan fingerprint density at radius 2 is 1.68 bits per heavy atom. The second kappa shape index (κ2) is 9.80. The Morgan fingerprint density at radius 1 is 1.00 bits per heavy atom. The number of carbonyl (C=O) groups is 2. The van der Waals surface area contributed by atoms with Crippen LogP contribution in [0.3, 0.4) is 0 Å². The van der Waals surface area contributed by atoms with E-state index >= 15 is 0 Å². The van der Waals surface area contributed by atoms with Gasteiger partial charge in [-0.15, -0.1) is 0 Å². The monoisotopic (exact) mass is 448 g/mol. The number of hydrogen-bond acceptors (Lipinski definition) is 7. The zero-order chi connectivity index (χ0) is 22.4. The zero-order valence-corrected chi connectivity index (χ0v) is 18.1. The summed E-state index contributed by atoms with van der Waals surface area (Å²) < 4.78 is 42.5. The average molecular weight is 448 g/mol. The molecule has 2 aromatic carbocycles. The normalized spacial score (nSPS) is 17.1. The number of amides is 1. The first kappa shape index (κ1) is 22.6. The lowest BCUT2D eigenvalue weighted by atomic mass is 10.2. The fourth-order valence-corrected chi connectivity index (χ4v) is 4.80. The highest BCUT2D eigenvalue weighted by Gasteiger charge is 2.42. The predicted octanol–water partition coefficient (Wildman–Crippen LogP) is 1.88. The predicted molar refractivity (Wildman–Crippen MR) is 111 cm³/mol. The van der Waals surface area contributed by atoms with Crippen LogP contribution in [0.2, 0.25) is 0 Å². The molecule has 9 nitrogen and oxygen atoms in total. The van der Waals surface area contributed by atoms with Crippen molar-refractivity contribution in [2.45, 2.75) is 17.5 Å². The third kappa shape index (κ3) is 5.15. The van der Waals surface area contributed by atoms with Gasteiger partial charge in [-0.05, 0) is 29.8 Å².